The average molecular weight is 491 g/mol. The fraction of sp³-hybridized carbons (Fsp3) is 0.0870. The van der Waals surface area contributed by atoms with Crippen LogP contribution >= 0.6 is 34.8 Å². The number of carbonyl (C=O) groups excluding carboxylic acids is 2. The molecule has 0 spiro atoms. The van der Waals surface area contributed by atoms with E-state index in [1.807, 2.05) is 18.2 Å². The van der Waals surface area contributed by atoms with Gasteiger partial charge in [-0.3, -0.25) is 9.59 Å². The van der Waals surface area contributed by atoms with Crippen molar-refractivity contribution >= 4 is 58.5 Å². The summed E-state index contributed by atoms with van der Waals surface area (Å²) < 4.78 is 5.84. The molecule has 3 rings (SSSR count). The van der Waals surface area contributed by atoms with Gasteiger partial charge in [0.2, 0.25) is 11.8 Å². The lowest BCUT2D eigenvalue weighted by molar-refractivity contribution is -0.126. The van der Waals surface area contributed by atoms with Crippen molar-refractivity contribution in [3.63, 3.8) is 0 Å². The third kappa shape index (κ3) is 6.99. The Morgan fingerprint density at radius 3 is 2.38 bits per heavy atom. The van der Waals surface area contributed by atoms with Crippen LogP contribution in [0.4, 0.5) is 5.69 Å². The minimum atomic E-state index is -0.591. The number of halogens is 3. The molecule has 0 aliphatic heterocycles. The largest absolute Gasteiger partial charge is 0.488 e. The third-order valence-electron chi connectivity index (χ3n) is 4.17. The van der Waals surface area contributed by atoms with E-state index in [1.165, 1.54) is 6.21 Å². The summed E-state index contributed by atoms with van der Waals surface area (Å²) in [5.74, 6) is -0.604. The molecule has 0 aliphatic carbocycles. The Morgan fingerprint density at radius 1 is 0.906 bits per heavy atom. The second kappa shape index (κ2) is 11.5. The fourth-order valence-corrected chi connectivity index (χ4v) is 3.19. The van der Waals surface area contributed by atoms with Crippen LogP contribution in [0, 0.1) is 0 Å². The van der Waals surface area contributed by atoms with Gasteiger partial charge in [-0.05, 0) is 36.4 Å². The minimum absolute atomic E-state index is 0.247. The number of hydrogen-bond donors (Lipinski definition) is 2. The van der Waals surface area contributed by atoms with Crippen LogP contribution < -0.4 is 15.5 Å². The molecule has 2 N–H and O–H groups in total. The van der Waals surface area contributed by atoms with Crippen LogP contribution in [0.1, 0.15) is 17.5 Å². The van der Waals surface area contributed by atoms with E-state index in [2.05, 4.69) is 15.8 Å². The summed E-state index contributed by atoms with van der Waals surface area (Å²) >= 11 is 18.2. The SMILES string of the molecule is O=C(CC(=O)Nc1ccccc1Cl)NN=Cc1cc(Cl)ccc1OCc1ccccc1Cl. The Balaban J connectivity index is 1.57. The number of hydrogen-bond acceptors (Lipinski definition) is 4. The van der Waals surface area contributed by atoms with Gasteiger partial charge in [0.05, 0.1) is 16.9 Å². The minimum Gasteiger partial charge on any atom is -0.488 e. The van der Waals surface area contributed by atoms with Crippen molar-refractivity contribution in [3.8, 4) is 5.75 Å². The van der Waals surface area contributed by atoms with Gasteiger partial charge in [-0.25, -0.2) is 5.43 Å². The molecule has 32 heavy (non-hydrogen) atoms. The lowest BCUT2D eigenvalue weighted by Gasteiger charge is -2.10. The van der Waals surface area contributed by atoms with E-state index in [-0.39, 0.29) is 6.61 Å². The van der Waals surface area contributed by atoms with Crippen LogP contribution in [0.25, 0.3) is 0 Å². The van der Waals surface area contributed by atoms with Gasteiger partial charge in [0.1, 0.15) is 18.8 Å². The second-order valence-electron chi connectivity index (χ2n) is 6.56. The molecule has 2 amide bonds. The van der Waals surface area contributed by atoms with Gasteiger partial charge in [-0.1, -0.05) is 65.1 Å². The number of nitrogens with one attached hydrogen (secondary N) is 2. The molecule has 0 fully saturated rings. The van der Waals surface area contributed by atoms with Crippen molar-refractivity contribution in [2.45, 2.75) is 13.0 Å². The van der Waals surface area contributed by atoms with E-state index in [9.17, 15) is 9.59 Å². The second-order valence-corrected chi connectivity index (χ2v) is 7.81. The molecule has 3 aromatic carbocycles. The zero-order valence-corrected chi connectivity index (χ0v) is 18.9. The number of benzene rings is 3. The van der Waals surface area contributed by atoms with Gasteiger partial charge in [0.15, 0.2) is 0 Å². The van der Waals surface area contributed by atoms with Crippen LogP contribution in [-0.2, 0) is 16.2 Å². The normalized spacial score (nSPS) is 10.7. The van der Waals surface area contributed by atoms with E-state index in [0.717, 1.165) is 5.56 Å². The topological polar surface area (TPSA) is 79.8 Å². The first-order valence-corrected chi connectivity index (χ1v) is 10.6. The van der Waals surface area contributed by atoms with E-state index >= 15 is 0 Å². The zero-order valence-electron chi connectivity index (χ0n) is 16.6. The fourth-order valence-electron chi connectivity index (χ4n) is 2.64. The molecule has 3 aromatic rings. The first-order valence-electron chi connectivity index (χ1n) is 9.44. The molecular weight excluding hydrogens is 473 g/mol. The molecule has 6 nitrogen and oxygen atoms in total. The highest BCUT2D eigenvalue weighted by molar-refractivity contribution is 6.33. The molecule has 9 heteroatoms. The summed E-state index contributed by atoms with van der Waals surface area (Å²) in [6.07, 6.45) is 0.964. The summed E-state index contributed by atoms with van der Waals surface area (Å²) in [4.78, 5) is 24.1. The molecule has 0 atom stereocenters. The highest BCUT2D eigenvalue weighted by Gasteiger charge is 2.11. The van der Waals surface area contributed by atoms with Crippen molar-refractivity contribution in [2.75, 3.05) is 5.32 Å². The Labute approximate surface area is 200 Å². The standard InChI is InChI=1S/C23H18Cl3N3O3/c24-17-9-10-21(32-14-15-5-1-2-6-18(15)25)16(11-17)13-27-29-23(31)12-22(30)28-20-8-4-3-7-19(20)26/h1-11,13H,12,14H2,(H,28,30)(H,29,31). The van der Waals surface area contributed by atoms with E-state index in [0.29, 0.717) is 32.1 Å². The predicted molar refractivity (Wildman–Crippen MR) is 128 cm³/mol. The van der Waals surface area contributed by atoms with Crippen molar-refractivity contribution in [1.82, 2.24) is 5.43 Å². The number of amides is 2. The molecule has 0 aromatic heterocycles. The summed E-state index contributed by atoms with van der Waals surface area (Å²) in [6, 6.07) is 19.1. The molecule has 0 heterocycles. The van der Waals surface area contributed by atoms with Crippen LogP contribution in [0.15, 0.2) is 71.8 Å². The van der Waals surface area contributed by atoms with Gasteiger partial charge in [-0.2, -0.15) is 5.10 Å². The number of ether oxygens (including phenoxy) is 1. The quantitative estimate of drug-likeness (QED) is 0.241. The van der Waals surface area contributed by atoms with Crippen molar-refractivity contribution in [3.05, 3.63) is 92.9 Å². The summed E-state index contributed by atoms with van der Waals surface area (Å²) in [5, 5.41) is 7.92. The van der Waals surface area contributed by atoms with Gasteiger partial charge in [0.25, 0.3) is 0 Å². The number of rotatable bonds is 8. The van der Waals surface area contributed by atoms with Gasteiger partial charge in [0, 0.05) is 21.2 Å². The molecule has 164 valence electrons. The highest BCUT2D eigenvalue weighted by Crippen LogP contribution is 2.24. The maximum absolute atomic E-state index is 12.0. The maximum atomic E-state index is 12.0. The molecule has 0 aliphatic rings. The lowest BCUT2D eigenvalue weighted by atomic mass is 10.2. The number of anilines is 1. The molecule has 0 bridgehead atoms. The molecule has 0 saturated heterocycles. The van der Waals surface area contributed by atoms with Crippen LogP contribution in [0.2, 0.25) is 15.1 Å². The summed E-state index contributed by atoms with van der Waals surface area (Å²) in [5.41, 5.74) is 4.11. The van der Waals surface area contributed by atoms with Crippen molar-refractivity contribution < 1.29 is 14.3 Å². The highest BCUT2D eigenvalue weighted by atomic mass is 35.5. The third-order valence-corrected chi connectivity index (χ3v) is 5.11. The monoisotopic (exact) mass is 489 g/mol. The van der Waals surface area contributed by atoms with Gasteiger partial charge in [-0.15, -0.1) is 0 Å². The molecule has 0 saturated carbocycles. The average Bonchev–Trinajstić information content (AvgIpc) is 2.76. The van der Waals surface area contributed by atoms with E-state index < -0.39 is 18.2 Å². The zero-order chi connectivity index (χ0) is 22.9. The predicted octanol–water partition coefficient (Wildman–Crippen LogP) is 5.70. The summed E-state index contributed by atoms with van der Waals surface area (Å²) in [6.45, 7) is 0.247. The Morgan fingerprint density at radius 2 is 1.62 bits per heavy atom. The smallest absolute Gasteiger partial charge is 0.249 e. The van der Waals surface area contributed by atoms with Crippen LogP contribution in [0.5, 0.6) is 5.75 Å². The van der Waals surface area contributed by atoms with Crippen LogP contribution in [-0.4, -0.2) is 18.0 Å². The van der Waals surface area contributed by atoms with Gasteiger partial charge >= 0.3 is 0 Å². The van der Waals surface area contributed by atoms with E-state index in [1.54, 1.807) is 48.5 Å². The maximum Gasteiger partial charge on any atom is 0.249 e. The number of hydrazone groups is 1. The van der Waals surface area contributed by atoms with Crippen molar-refractivity contribution in [1.29, 1.82) is 0 Å². The first-order chi connectivity index (χ1) is 15.4. The van der Waals surface area contributed by atoms with Gasteiger partial charge < -0.3 is 10.1 Å². The molecule has 0 radical (unpaired) electrons. The number of nitrogens with zero attached hydrogens (tertiary/aromatic N) is 1. The Hall–Kier alpha value is -3.06. The first kappa shape index (κ1) is 23.6. The number of para-hydroxylation sites is 1. The molecule has 0 unspecified atom stereocenters. The van der Waals surface area contributed by atoms with E-state index in [4.69, 9.17) is 39.5 Å². The molecular formula is C23H18Cl3N3O3. The Bertz CT molecular complexity index is 1150. The van der Waals surface area contributed by atoms with Crippen molar-refractivity contribution in [2.24, 2.45) is 5.10 Å². The number of carbonyl (C=O) groups is 2. The Kier molecular flexibility index (Phi) is 8.50. The summed E-state index contributed by atoms with van der Waals surface area (Å²) in [7, 11) is 0. The van der Waals surface area contributed by atoms with Crippen LogP contribution in [0.3, 0.4) is 0 Å². The lowest BCUT2D eigenvalue weighted by Crippen LogP contribution is -2.24.